The van der Waals surface area contributed by atoms with Crippen LogP contribution in [0.1, 0.15) is 28.4 Å². The number of carboxylic acids is 2. The summed E-state index contributed by atoms with van der Waals surface area (Å²) in [5, 5.41) is 32.8. The molecule has 2 amide bonds. The molecule has 0 heterocycles. The average molecular weight is 444 g/mol. The van der Waals surface area contributed by atoms with Crippen molar-refractivity contribution < 1.29 is 39.2 Å². The van der Waals surface area contributed by atoms with Gasteiger partial charge in [-0.25, -0.2) is 14.4 Å². The van der Waals surface area contributed by atoms with E-state index in [0.717, 1.165) is 5.56 Å². The van der Waals surface area contributed by atoms with Crippen molar-refractivity contribution >= 4 is 23.9 Å². The van der Waals surface area contributed by atoms with E-state index in [1.807, 2.05) is 0 Å². The molecule has 0 aliphatic carbocycles. The number of carbonyl (C=O) groups excluding carboxylic acids is 2. The Hall–Kier alpha value is -3.92. The highest BCUT2D eigenvalue weighted by molar-refractivity contribution is 5.90. The largest absolute Gasteiger partial charge is 0.480 e. The summed E-state index contributed by atoms with van der Waals surface area (Å²) < 4.78 is 5.03. The van der Waals surface area contributed by atoms with Gasteiger partial charge in [0.2, 0.25) is 5.91 Å². The van der Waals surface area contributed by atoms with Crippen molar-refractivity contribution in [3.63, 3.8) is 0 Å². The molecule has 0 saturated heterocycles. The van der Waals surface area contributed by atoms with Crippen molar-refractivity contribution in [1.82, 2.24) is 10.6 Å². The lowest BCUT2D eigenvalue weighted by Crippen LogP contribution is -2.56. The van der Waals surface area contributed by atoms with Crippen LogP contribution in [-0.2, 0) is 27.4 Å². The van der Waals surface area contributed by atoms with Crippen LogP contribution in [0.15, 0.2) is 54.6 Å². The molecule has 2 aromatic carbocycles. The van der Waals surface area contributed by atoms with Gasteiger partial charge in [0, 0.05) is 6.42 Å². The first-order valence-corrected chi connectivity index (χ1v) is 9.68. The van der Waals surface area contributed by atoms with Crippen LogP contribution in [0.3, 0.4) is 0 Å². The van der Waals surface area contributed by atoms with Gasteiger partial charge in [0.25, 0.3) is 0 Å². The zero-order valence-corrected chi connectivity index (χ0v) is 17.2. The molecule has 0 bridgehead atoms. The quantitative estimate of drug-likeness (QED) is 0.365. The predicted octanol–water partition coefficient (Wildman–Crippen LogP) is 1.17. The van der Waals surface area contributed by atoms with Gasteiger partial charge in [0.15, 0.2) is 0 Å². The van der Waals surface area contributed by atoms with Crippen molar-refractivity contribution in [1.29, 1.82) is 0 Å². The Morgan fingerprint density at radius 1 is 0.906 bits per heavy atom. The Balaban J connectivity index is 1.99. The second-order valence-electron chi connectivity index (χ2n) is 7.03. The summed E-state index contributed by atoms with van der Waals surface area (Å²) in [5.74, 6) is -3.37. The minimum absolute atomic E-state index is 0.0389. The Bertz CT molecular complexity index is 944. The van der Waals surface area contributed by atoms with Crippen molar-refractivity contribution in [3.8, 4) is 0 Å². The summed E-state index contributed by atoms with van der Waals surface area (Å²) in [5.41, 5.74) is 1.24. The molecule has 170 valence electrons. The molecular weight excluding hydrogens is 420 g/mol. The zero-order chi connectivity index (χ0) is 23.7. The third-order valence-electron chi connectivity index (χ3n) is 4.51. The molecule has 2 rings (SSSR count). The maximum atomic E-state index is 12.6. The van der Waals surface area contributed by atoms with Crippen molar-refractivity contribution in [2.75, 3.05) is 0 Å². The molecule has 5 N–H and O–H groups in total. The Morgan fingerprint density at radius 3 is 2.06 bits per heavy atom. The lowest BCUT2D eigenvalue weighted by atomic mass is 10.0. The number of carboxylic acid groups (broad SMARTS) is 2. The molecule has 0 unspecified atom stereocenters. The van der Waals surface area contributed by atoms with E-state index in [1.54, 1.807) is 30.3 Å². The summed E-state index contributed by atoms with van der Waals surface area (Å²) in [6, 6.07) is 11.5. The number of hydrogen-bond acceptors (Lipinski definition) is 6. The Kier molecular flexibility index (Phi) is 8.72. The molecule has 0 spiro atoms. The minimum Gasteiger partial charge on any atom is -0.480 e. The molecule has 0 aliphatic heterocycles. The second-order valence-corrected chi connectivity index (χ2v) is 7.03. The molecule has 0 fully saturated rings. The summed E-state index contributed by atoms with van der Waals surface area (Å²) in [6.45, 7) is 1.22. The van der Waals surface area contributed by atoms with Crippen molar-refractivity contribution in [2.45, 2.75) is 38.1 Å². The van der Waals surface area contributed by atoms with E-state index in [9.17, 15) is 29.4 Å². The fourth-order valence-electron chi connectivity index (χ4n) is 2.78. The van der Waals surface area contributed by atoms with Gasteiger partial charge in [0.05, 0.1) is 11.7 Å². The number of amides is 2. The van der Waals surface area contributed by atoms with Gasteiger partial charge in [-0.3, -0.25) is 4.79 Å². The number of alkyl carbamates (subject to hydrolysis) is 1. The summed E-state index contributed by atoms with van der Waals surface area (Å²) in [4.78, 5) is 47.1. The smallest absolute Gasteiger partial charge is 0.408 e. The van der Waals surface area contributed by atoms with Crippen LogP contribution >= 0.6 is 0 Å². The second kappa shape index (κ2) is 11.5. The number of nitrogens with one attached hydrogen (secondary N) is 2. The van der Waals surface area contributed by atoms with Crippen LogP contribution in [0.5, 0.6) is 0 Å². The zero-order valence-electron chi connectivity index (χ0n) is 17.2. The first kappa shape index (κ1) is 24.4. The highest BCUT2D eigenvalue weighted by atomic mass is 16.5. The third kappa shape index (κ3) is 7.40. The predicted molar refractivity (Wildman–Crippen MR) is 112 cm³/mol. The van der Waals surface area contributed by atoms with Crippen LogP contribution in [-0.4, -0.2) is 57.4 Å². The summed E-state index contributed by atoms with van der Waals surface area (Å²) >= 11 is 0. The van der Waals surface area contributed by atoms with E-state index in [-0.39, 0.29) is 18.6 Å². The number of benzene rings is 2. The van der Waals surface area contributed by atoms with E-state index >= 15 is 0 Å². The molecule has 0 radical (unpaired) electrons. The minimum atomic E-state index is -1.45. The fraction of sp³-hybridized carbons (Fsp3) is 0.273. The number of rotatable bonds is 10. The van der Waals surface area contributed by atoms with Crippen LogP contribution in [0.2, 0.25) is 0 Å². The molecule has 0 aromatic heterocycles. The van der Waals surface area contributed by atoms with E-state index in [1.165, 1.54) is 31.2 Å². The van der Waals surface area contributed by atoms with Gasteiger partial charge in [0.1, 0.15) is 18.7 Å². The fourth-order valence-corrected chi connectivity index (χ4v) is 2.78. The molecular formula is C22H24N2O8. The van der Waals surface area contributed by atoms with Crippen LogP contribution in [0, 0.1) is 0 Å². The van der Waals surface area contributed by atoms with Crippen molar-refractivity contribution in [2.24, 2.45) is 0 Å². The number of hydrogen-bond donors (Lipinski definition) is 5. The molecule has 32 heavy (non-hydrogen) atoms. The first-order chi connectivity index (χ1) is 15.2. The lowest BCUT2D eigenvalue weighted by Gasteiger charge is -2.23. The Labute approximate surface area is 183 Å². The molecule has 0 saturated carbocycles. The van der Waals surface area contributed by atoms with Crippen LogP contribution in [0.25, 0.3) is 0 Å². The summed E-state index contributed by atoms with van der Waals surface area (Å²) in [6.07, 6.45) is -2.42. The molecule has 0 aliphatic rings. The molecule has 3 atom stereocenters. The molecule has 10 nitrogen and oxygen atoms in total. The Morgan fingerprint density at radius 2 is 1.53 bits per heavy atom. The monoisotopic (exact) mass is 444 g/mol. The van der Waals surface area contributed by atoms with Gasteiger partial charge in [-0.05, 0) is 30.2 Å². The maximum Gasteiger partial charge on any atom is 0.408 e. The standard InChI is InChI=1S/C22H24N2O8/c1-13(25)18(24-22(31)32-12-15-5-3-2-4-6-15)19(26)23-17(21(29)30)11-14-7-9-16(10-8-14)20(27)28/h2-10,13,17-18,25H,11-12H2,1H3,(H,23,26)(H,24,31)(H,27,28)(H,29,30)/t13-,17+,18+/m1/s1. The number of aliphatic carboxylic acids is 1. The van der Waals surface area contributed by atoms with Gasteiger partial charge >= 0.3 is 18.0 Å². The number of aromatic carboxylic acids is 1. The van der Waals surface area contributed by atoms with Crippen LogP contribution < -0.4 is 10.6 Å². The van der Waals surface area contributed by atoms with E-state index in [4.69, 9.17) is 9.84 Å². The topological polar surface area (TPSA) is 162 Å². The number of ether oxygens (including phenoxy) is 1. The number of aliphatic hydroxyl groups is 1. The molecule has 2 aromatic rings. The van der Waals surface area contributed by atoms with Crippen LogP contribution in [0.4, 0.5) is 4.79 Å². The molecule has 10 heteroatoms. The maximum absolute atomic E-state index is 12.6. The third-order valence-corrected chi connectivity index (χ3v) is 4.51. The van der Waals surface area contributed by atoms with Gasteiger partial charge in [-0.1, -0.05) is 42.5 Å². The number of aliphatic hydroxyl groups excluding tert-OH is 1. The van der Waals surface area contributed by atoms with E-state index < -0.39 is 42.1 Å². The van der Waals surface area contributed by atoms with E-state index in [0.29, 0.717) is 5.56 Å². The first-order valence-electron chi connectivity index (χ1n) is 9.68. The normalized spacial score (nSPS) is 13.3. The van der Waals surface area contributed by atoms with Gasteiger partial charge in [-0.2, -0.15) is 0 Å². The highest BCUT2D eigenvalue weighted by Crippen LogP contribution is 2.08. The summed E-state index contributed by atoms with van der Waals surface area (Å²) in [7, 11) is 0. The lowest BCUT2D eigenvalue weighted by molar-refractivity contribution is -0.142. The average Bonchev–Trinajstić information content (AvgIpc) is 2.76. The van der Waals surface area contributed by atoms with Gasteiger partial charge in [-0.15, -0.1) is 0 Å². The number of carbonyl (C=O) groups is 4. The van der Waals surface area contributed by atoms with Gasteiger partial charge < -0.3 is 30.7 Å². The van der Waals surface area contributed by atoms with Crippen molar-refractivity contribution in [3.05, 3.63) is 71.3 Å². The van der Waals surface area contributed by atoms with E-state index in [2.05, 4.69) is 10.6 Å². The SMILES string of the molecule is C[C@@H](O)[C@H](NC(=O)OCc1ccccc1)C(=O)N[C@@H](Cc1ccc(C(=O)O)cc1)C(=O)O. The highest BCUT2D eigenvalue weighted by Gasteiger charge is 2.30.